The summed E-state index contributed by atoms with van der Waals surface area (Å²) < 4.78 is 0. The van der Waals surface area contributed by atoms with Crippen LogP contribution in [0, 0.1) is 5.92 Å². The van der Waals surface area contributed by atoms with Crippen LogP contribution in [0.5, 0.6) is 0 Å². The maximum Gasteiger partial charge on any atom is 0.358 e. The first kappa shape index (κ1) is 17.0. The molecule has 10 heteroatoms. The van der Waals surface area contributed by atoms with Crippen LogP contribution in [0.3, 0.4) is 0 Å². The fourth-order valence-corrected chi connectivity index (χ4v) is 1.44. The van der Waals surface area contributed by atoms with Crippen molar-refractivity contribution in [2.45, 2.75) is 18.4 Å². The number of allylic oxidation sites excluding steroid dienone is 1. The average Bonchev–Trinajstić information content (AvgIpc) is 2.42. The highest BCUT2D eigenvalue weighted by Crippen LogP contribution is 2.28. The van der Waals surface area contributed by atoms with Gasteiger partial charge in [-0.15, -0.1) is 6.58 Å². The van der Waals surface area contributed by atoms with Gasteiger partial charge in [0.2, 0.25) is 0 Å². The fourth-order valence-electron chi connectivity index (χ4n) is 1.44. The Morgan fingerprint density at radius 1 is 1.21 bits per heavy atom. The van der Waals surface area contributed by atoms with E-state index in [1.165, 1.54) is 6.08 Å². The molecule has 0 fully saturated rings. The minimum Gasteiger partial charge on any atom is -0.377 e. The van der Waals surface area contributed by atoms with Crippen LogP contribution in [0.1, 0.15) is 12.8 Å². The largest absolute Gasteiger partial charge is 0.377 e. The summed E-state index contributed by atoms with van der Waals surface area (Å²) in [5.74, 6) is 8.58. The molecular weight excluding hydrogens is 262 g/mol. The van der Waals surface area contributed by atoms with Crippen LogP contribution in [-0.4, -0.2) is 28.6 Å². The number of aliphatic hydroxyl groups is 1. The second-order valence-corrected chi connectivity index (χ2v) is 3.51. The van der Waals surface area contributed by atoms with Gasteiger partial charge in [0.25, 0.3) is 0 Å². The Labute approximate surface area is 107 Å². The van der Waals surface area contributed by atoms with Gasteiger partial charge < -0.3 is 19.6 Å². The van der Waals surface area contributed by atoms with Crippen molar-refractivity contribution in [2.75, 3.05) is 0 Å². The molecule has 0 aliphatic rings. The molecule has 108 valence electrons. The van der Waals surface area contributed by atoms with E-state index in [1.807, 2.05) is 0 Å². The van der Waals surface area contributed by atoms with Gasteiger partial charge in [0.05, 0.1) is 6.42 Å². The molecule has 0 saturated heterocycles. The van der Waals surface area contributed by atoms with Crippen LogP contribution in [0.25, 0.3) is 0 Å². The van der Waals surface area contributed by atoms with E-state index in [-0.39, 0.29) is 6.42 Å². The van der Waals surface area contributed by atoms with Gasteiger partial charge in [0.1, 0.15) is 5.92 Å². The Bertz CT molecular complexity index is 373. The number of carbonyl (C=O) groups excluding carboxylic acids is 3. The van der Waals surface area contributed by atoms with Crippen molar-refractivity contribution in [1.29, 1.82) is 0 Å². The van der Waals surface area contributed by atoms with Gasteiger partial charge in [-0.2, -0.15) is 17.7 Å². The molecular formula is C9H15N3O7. The van der Waals surface area contributed by atoms with Gasteiger partial charge in [-0.05, 0) is 6.42 Å². The van der Waals surface area contributed by atoms with E-state index in [0.717, 1.165) is 0 Å². The van der Waals surface area contributed by atoms with E-state index in [4.69, 9.17) is 0 Å². The zero-order chi connectivity index (χ0) is 15.1. The molecule has 0 aromatic carbocycles. The third kappa shape index (κ3) is 3.99. The summed E-state index contributed by atoms with van der Waals surface area (Å²) in [6.45, 7) is 3.33. The van der Waals surface area contributed by atoms with E-state index in [9.17, 15) is 19.5 Å². The second-order valence-electron chi connectivity index (χ2n) is 3.51. The van der Waals surface area contributed by atoms with E-state index < -0.39 is 35.8 Å². The van der Waals surface area contributed by atoms with Crippen molar-refractivity contribution in [3.05, 3.63) is 12.7 Å². The van der Waals surface area contributed by atoms with E-state index in [1.54, 1.807) is 0 Å². The Balaban J connectivity index is 5.50. The van der Waals surface area contributed by atoms with Gasteiger partial charge >= 0.3 is 17.9 Å². The Hall–Kier alpha value is -2.01. The van der Waals surface area contributed by atoms with Crippen molar-refractivity contribution in [2.24, 2.45) is 23.6 Å². The van der Waals surface area contributed by atoms with Crippen LogP contribution in [0.2, 0.25) is 0 Å². The molecule has 0 radical (unpaired) electrons. The van der Waals surface area contributed by atoms with E-state index in [0.29, 0.717) is 0 Å². The number of nitrogens with two attached hydrogens (primary N) is 3. The molecule has 0 aromatic rings. The van der Waals surface area contributed by atoms with Crippen LogP contribution >= 0.6 is 0 Å². The quantitative estimate of drug-likeness (QED) is 0.288. The first-order chi connectivity index (χ1) is 8.87. The topological polar surface area (TPSA) is 177 Å². The van der Waals surface area contributed by atoms with Crippen molar-refractivity contribution >= 4 is 17.9 Å². The molecule has 10 nitrogen and oxygen atoms in total. The first-order valence-corrected chi connectivity index (χ1v) is 4.91. The Morgan fingerprint density at radius 3 is 2.16 bits per heavy atom. The summed E-state index contributed by atoms with van der Waals surface area (Å²) >= 11 is 0. The summed E-state index contributed by atoms with van der Waals surface area (Å²) in [6, 6.07) is 0. The predicted octanol–water partition coefficient (Wildman–Crippen LogP) is -2.45. The Kier molecular flexibility index (Phi) is 6.64. The van der Waals surface area contributed by atoms with Gasteiger partial charge in [0, 0.05) is 0 Å². The molecule has 0 bridgehead atoms. The highest BCUT2D eigenvalue weighted by Gasteiger charge is 2.51. The van der Waals surface area contributed by atoms with Gasteiger partial charge in [0.15, 0.2) is 5.60 Å². The van der Waals surface area contributed by atoms with Crippen molar-refractivity contribution in [1.82, 2.24) is 0 Å². The van der Waals surface area contributed by atoms with Crippen LogP contribution < -0.4 is 17.7 Å². The maximum absolute atomic E-state index is 11.5. The van der Waals surface area contributed by atoms with Gasteiger partial charge in [-0.3, -0.25) is 4.79 Å². The van der Waals surface area contributed by atoms with Gasteiger partial charge in [-0.1, -0.05) is 6.08 Å². The lowest BCUT2D eigenvalue weighted by Gasteiger charge is -2.29. The SMILES string of the molecule is C=CCC(C(=O)ON)C(O)(CC(=O)ON)C(=O)ON. The van der Waals surface area contributed by atoms with Crippen molar-refractivity contribution < 1.29 is 34.0 Å². The molecule has 0 heterocycles. The lowest BCUT2D eigenvalue weighted by atomic mass is 9.82. The summed E-state index contributed by atoms with van der Waals surface area (Å²) in [4.78, 5) is 45.7. The average molecular weight is 277 g/mol. The lowest BCUT2D eigenvalue weighted by Crippen LogP contribution is -2.53. The Morgan fingerprint density at radius 2 is 1.79 bits per heavy atom. The molecule has 7 N–H and O–H groups in total. The number of hydrogen-bond donors (Lipinski definition) is 4. The summed E-state index contributed by atoms with van der Waals surface area (Å²) in [5.41, 5.74) is -2.64. The molecule has 0 spiro atoms. The smallest absolute Gasteiger partial charge is 0.358 e. The zero-order valence-corrected chi connectivity index (χ0v) is 9.90. The normalized spacial score (nSPS) is 14.7. The third-order valence-corrected chi connectivity index (χ3v) is 2.39. The highest BCUT2D eigenvalue weighted by molar-refractivity contribution is 5.91. The van der Waals surface area contributed by atoms with E-state index >= 15 is 0 Å². The molecule has 0 aromatic heterocycles. The lowest BCUT2D eigenvalue weighted by molar-refractivity contribution is -0.187. The minimum atomic E-state index is -2.64. The highest BCUT2D eigenvalue weighted by atomic mass is 16.7. The standard InChI is InChI=1S/C9H15N3O7/c1-2-3-5(7(14)18-11)9(16,8(15)19-12)4-6(13)17-10/h2,5,16H,1,3-4,10-12H2. The van der Waals surface area contributed by atoms with E-state index in [2.05, 4.69) is 38.8 Å². The summed E-state index contributed by atoms with van der Waals surface area (Å²) in [6.07, 6.45) is -0.0171. The summed E-state index contributed by atoms with van der Waals surface area (Å²) in [5, 5.41) is 10.2. The number of carbonyl (C=O) groups is 3. The third-order valence-electron chi connectivity index (χ3n) is 2.39. The predicted molar refractivity (Wildman–Crippen MR) is 58.7 cm³/mol. The monoisotopic (exact) mass is 277 g/mol. The fraction of sp³-hybridized carbons (Fsp3) is 0.444. The molecule has 0 aliphatic carbocycles. The molecule has 2 atom stereocenters. The molecule has 0 rings (SSSR count). The van der Waals surface area contributed by atoms with Crippen LogP contribution in [-0.2, 0) is 28.9 Å². The van der Waals surface area contributed by atoms with Crippen LogP contribution in [0.15, 0.2) is 12.7 Å². The molecule has 19 heavy (non-hydrogen) atoms. The first-order valence-electron chi connectivity index (χ1n) is 4.91. The maximum atomic E-state index is 11.5. The number of hydrogen-bond acceptors (Lipinski definition) is 10. The molecule has 0 saturated carbocycles. The minimum absolute atomic E-state index is 0.237. The van der Waals surface area contributed by atoms with Crippen LogP contribution in [0.4, 0.5) is 0 Å². The zero-order valence-electron chi connectivity index (χ0n) is 9.90. The van der Waals surface area contributed by atoms with Gasteiger partial charge in [-0.25, -0.2) is 9.59 Å². The second kappa shape index (κ2) is 7.43. The summed E-state index contributed by atoms with van der Waals surface area (Å²) in [7, 11) is 0. The van der Waals surface area contributed by atoms with Crippen molar-refractivity contribution in [3.8, 4) is 0 Å². The number of rotatable bonds is 7. The van der Waals surface area contributed by atoms with Crippen molar-refractivity contribution in [3.63, 3.8) is 0 Å². The molecule has 0 aliphatic heterocycles. The molecule has 2 unspecified atom stereocenters. The molecule has 0 amide bonds.